The van der Waals surface area contributed by atoms with E-state index in [1.807, 2.05) is 18.4 Å². The van der Waals surface area contributed by atoms with E-state index in [1.165, 1.54) is 11.8 Å². The van der Waals surface area contributed by atoms with Crippen molar-refractivity contribution in [2.24, 2.45) is 0 Å². The molecular weight excluding hydrogens is 248 g/mol. The van der Waals surface area contributed by atoms with Crippen molar-refractivity contribution in [1.29, 1.82) is 0 Å². The molecule has 1 aromatic rings. The molecule has 1 aromatic heterocycles. The van der Waals surface area contributed by atoms with Crippen molar-refractivity contribution in [2.75, 3.05) is 0 Å². The molecule has 1 fully saturated rings. The maximum Gasteiger partial charge on any atom is 0.233 e. The Morgan fingerprint density at radius 3 is 3.00 bits per heavy atom. The van der Waals surface area contributed by atoms with Crippen molar-refractivity contribution in [3.63, 3.8) is 0 Å². The summed E-state index contributed by atoms with van der Waals surface area (Å²) in [7, 11) is 0. The Balaban J connectivity index is 1.98. The molecule has 6 heteroatoms. The monoisotopic (exact) mass is 266 g/mol. The number of aromatic nitrogens is 3. The van der Waals surface area contributed by atoms with Gasteiger partial charge in [-0.05, 0) is 26.7 Å². The first kappa shape index (κ1) is 13.1. The van der Waals surface area contributed by atoms with E-state index < -0.39 is 0 Å². The summed E-state index contributed by atoms with van der Waals surface area (Å²) in [6.07, 6.45) is 4.01. The van der Waals surface area contributed by atoms with Gasteiger partial charge in [0.1, 0.15) is 5.82 Å². The van der Waals surface area contributed by atoms with E-state index in [0.29, 0.717) is 12.6 Å². The molecule has 1 aliphatic rings. The second-order valence-corrected chi connectivity index (χ2v) is 5.78. The van der Waals surface area contributed by atoms with E-state index in [-0.39, 0.29) is 11.2 Å². The Morgan fingerprint density at radius 1 is 1.67 bits per heavy atom. The van der Waals surface area contributed by atoms with Crippen LogP contribution in [-0.4, -0.2) is 32.0 Å². The van der Waals surface area contributed by atoms with E-state index in [2.05, 4.69) is 22.1 Å². The zero-order valence-electron chi connectivity index (χ0n) is 10.7. The summed E-state index contributed by atoms with van der Waals surface area (Å²) >= 11 is 1.44. The van der Waals surface area contributed by atoms with Gasteiger partial charge in [-0.3, -0.25) is 4.79 Å². The number of aryl methyl sites for hydroxylation is 1. The van der Waals surface area contributed by atoms with Crippen molar-refractivity contribution in [3.05, 3.63) is 18.5 Å². The van der Waals surface area contributed by atoms with Crippen LogP contribution in [0.4, 0.5) is 0 Å². The third kappa shape index (κ3) is 3.13. The molecule has 0 unspecified atom stereocenters. The zero-order valence-corrected chi connectivity index (χ0v) is 11.5. The van der Waals surface area contributed by atoms with Crippen LogP contribution in [0.5, 0.6) is 0 Å². The van der Waals surface area contributed by atoms with Crippen molar-refractivity contribution in [2.45, 2.75) is 49.7 Å². The molecule has 1 amide bonds. The summed E-state index contributed by atoms with van der Waals surface area (Å²) < 4.78 is 1.96. The first-order valence-electron chi connectivity index (χ1n) is 6.09. The highest BCUT2D eigenvalue weighted by atomic mass is 32.2. The molecule has 0 radical (unpaired) electrons. The number of thioether (sulfide) groups is 1. The maximum atomic E-state index is 11.9. The van der Waals surface area contributed by atoms with Crippen LogP contribution in [0, 0.1) is 6.92 Å². The van der Waals surface area contributed by atoms with Gasteiger partial charge in [-0.15, -0.1) is 16.8 Å². The highest BCUT2D eigenvalue weighted by Crippen LogP contribution is 2.24. The van der Waals surface area contributed by atoms with Gasteiger partial charge in [-0.25, -0.2) is 0 Å². The third-order valence-corrected chi connectivity index (χ3v) is 3.87. The lowest BCUT2D eigenvalue weighted by atomic mass is 10.4. The van der Waals surface area contributed by atoms with Gasteiger partial charge < -0.3 is 9.88 Å². The summed E-state index contributed by atoms with van der Waals surface area (Å²) in [6, 6.07) is 0.397. The van der Waals surface area contributed by atoms with Crippen LogP contribution in [0.2, 0.25) is 0 Å². The lowest BCUT2D eigenvalue weighted by molar-refractivity contribution is -0.120. The Morgan fingerprint density at radius 2 is 2.39 bits per heavy atom. The molecule has 0 aliphatic heterocycles. The Kier molecular flexibility index (Phi) is 4.06. The van der Waals surface area contributed by atoms with E-state index >= 15 is 0 Å². The molecule has 1 N–H and O–H groups in total. The van der Waals surface area contributed by atoms with Crippen molar-refractivity contribution < 1.29 is 4.79 Å². The first-order valence-corrected chi connectivity index (χ1v) is 6.97. The Labute approximate surface area is 111 Å². The van der Waals surface area contributed by atoms with Gasteiger partial charge in [-0.2, -0.15) is 0 Å². The first-order chi connectivity index (χ1) is 8.61. The highest BCUT2D eigenvalue weighted by molar-refractivity contribution is 8.00. The summed E-state index contributed by atoms with van der Waals surface area (Å²) in [5.41, 5.74) is 0. The van der Waals surface area contributed by atoms with E-state index in [4.69, 9.17) is 0 Å². The van der Waals surface area contributed by atoms with Crippen LogP contribution in [0.15, 0.2) is 17.8 Å². The van der Waals surface area contributed by atoms with Crippen molar-refractivity contribution >= 4 is 17.7 Å². The molecule has 18 heavy (non-hydrogen) atoms. The van der Waals surface area contributed by atoms with Gasteiger partial charge in [0.25, 0.3) is 0 Å². The van der Waals surface area contributed by atoms with Crippen LogP contribution in [-0.2, 0) is 11.3 Å². The standard InChI is InChI=1S/C12H18N4OS/c1-4-7-16-9(3)14-15-12(16)18-8(2)11(17)13-10-5-6-10/h4,8,10H,1,5-7H2,2-3H3,(H,13,17)/t8-/m0/s1. The van der Waals surface area contributed by atoms with Crippen LogP contribution < -0.4 is 5.32 Å². The summed E-state index contributed by atoms with van der Waals surface area (Å²) in [5, 5.41) is 11.7. The fraction of sp³-hybridized carbons (Fsp3) is 0.583. The zero-order chi connectivity index (χ0) is 13.1. The molecule has 98 valence electrons. The molecule has 0 aromatic carbocycles. The minimum Gasteiger partial charge on any atom is -0.352 e. The Hall–Kier alpha value is -1.30. The summed E-state index contributed by atoms with van der Waals surface area (Å²) in [6.45, 7) is 8.17. The number of nitrogens with zero attached hydrogens (tertiary/aromatic N) is 3. The summed E-state index contributed by atoms with van der Waals surface area (Å²) in [4.78, 5) is 11.9. The molecule has 1 saturated carbocycles. The Bertz CT molecular complexity index is 453. The molecule has 1 aliphatic carbocycles. The lowest BCUT2D eigenvalue weighted by Crippen LogP contribution is -2.32. The van der Waals surface area contributed by atoms with E-state index in [0.717, 1.165) is 23.8 Å². The van der Waals surface area contributed by atoms with Gasteiger partial charge in [-0.1, -0.05) is 17.8 Å². The largest absolute Gasteiger partial charge is 0.352 e. The average Bonchev–Trinajstić information content (AvgIpc) is 3.09. The fourth-order valence-corrected chi connectivity index (χ4v) is 2.46. The van der Waals surface area contributed by atoms with Crippen molar-refractivity contribution in [3.8, 4) is 0 Å². The molecule has 0 saturated heterocycles. The van der Waals surface area contributed by atoms with Crippen molar-refractivity contribution in [1.82, 2.24) is 20.1 Å². The average molecular weight is 266 g/mol. The van der Waals surface area contributed by atoms with Gasteiger partial charge in [0.2, 0.25) is 5.91 Å². The molecule has 1 atom stereocenters. The smallest absolute Gasteiger partial charge is 0.233 e. The topological polar surface area (TPSA) is 59.8 Å². The minimum absolute atomic E-state index is 0.0771. The number of rotatable bonds is 6. The van der Waals surface area contributed by atoms with E-state index in [9.17, 15) is 4.79 Å². The number of hydrogen-bond acceptors (Lipinski definition) is 4. The normalized spacial score (nSPS) is 16.3. The lowest BCUT2D eigenvalue weighted by Gasteiger charge is -2.11. The van der Waals surface area contributed by atoms with Gasteiger partial charge in [0, 0.05) is 12.6 Å². The number of carbonyl (C=O) groups is 1. The van der Waals surface area contributed by atoms with Gasteiger partial charge in [0.05, 0.1) is 5.25 Å². The fourth-order valence-electron chi connectivity index (χ4n) is 1.55. The predicted molar refractivity (Wildman–Crippen MR) is 71.4 cm³/mol. The number of amides is 1. The van der Waals surface area contributed by atoms with Crippen LogP contribution in [0.3, 0.4) is 0 Å². The van der Waals surface area contributed by atoms with Crippen LogP contribution in [0.1, 0.15) is 25.6 Å². The quantitative estimate of drug-likeness (QED) is 0.626. The third-order valence-electron chi connectivity index (χ3n) is 2.79. The molecule has 0 spiro atoms. The molecule has 5 nitrogen and oxygen atoms in total. The molecule has 1 heterocycles. The number of hydrogen-bond donors (Lipinski definition) is 1. The number of carbonyl (C=O) groups excluding carboxylic acids is 1. The number of allylic oxidation sites excluding steroid dienone is 1. The number of nitrogens with one attached hydrogen (secondary N) is 1. The minimum atomic E-state index is -0.155. The SMILES string of the molecule is C=CCn1c(C)nnc1S[C@@H](C)C(=O)NC1CC1. The predicted octanol–water partition coefficient (Wildman–Crippen LogP) is 1.53. The maximum absolute atomic E-state index is 11.9. The van der Waals surface area contributed by atoms with E-state index in [1.54, 1.807) is 6.08 Å². The molecule has 2 rings (SSSR count). The van der Waals surface area contributed by atoms with Gasteiger partial charge >= 0.3 is 0 Å². The van der Waals surface area contributed by atoms with Crippen LogP contribution >= 0.6 is 11.8 Å². The van der Waals surface area contributed by atoms with Crippen LogP contribution in [0.25, 0.3) is 0 Å². The van der Waals surface area contributed by atoms with Gasteiger partial charge in [0.15, 0.2) is 5.16 Å². The molecule has 0 bridgehead atoms. The molecular formula is C12H18N4OS. The second-order valence-electron chi connectivity index (χ2n) is 4.47. The highest BCUT2D eigenvalue weighted by Gasteiger charge is 2.26. The second kappa shape index (κ2) is 5.56. The summed E-state index contributed by atoms with van der Waals surface area (Å²) in [5.74, 6) is 0.917.